The fourth-order valence-electron chi connectivity index (χ4n) is 1.92. The molecule has 0 unspecified atom stereocenters. The average Bonchev–Trinajstić information content (AvgIpc) is 2.70. The minimum Gasteiger partial charge on any atom is -0.491 e. The number of nitrogens with zero attached hydrogens (tertiary/aromatic N) is 1. The number of nitro benzene ring substituents is 1. The van der Waals surface area contributed by atoms with E-state index in [0.717, 1.165) is 11.0 Å². The molecular weight excluding hydrogens is 485 g/mol. The van der Waals surface area contributed by atoms with Gasteiger partial charge in [0.2, 0.25) is 0 Å². The molecule has 0 bridgehead atoms. The highest BCUT2D eigenvalue weighted by molar-refractivity contribution is 14.1. The summed E-state index contributed by atoms with van der Waals surface area (Å²) in [6, 6.07) is 5.93. The number of rotatable bonds is 19. The molecule has 0 aliphatic heterocycles. The number of nitro groups is 1. The molecule has 1 rings (SSSR count). The highest BCUT2D eigenvalue weighted by Crippen LogP contribution is 2.16. The summed E-state index contributed by atoms with van der Waals surface area (Å²) in [6.07, 6.45) is 0. The van der Waals surface area contributed by atoms with E-state index in [1.54, 1.807) is 12.1 Å². The smallest absolute Gasteiger partial charge is 0.269 e. The van der Waals surface area contributed by atoms with Crippen LogP contribution in [0.3, 0.4) is 0 Å². The summed E-state index contributed by atoms with van der Waals surface area (Å²) in [6.45, 7) is 5.77. The van der Waals surface area contributed by atoms with Gasteiger partial charge in [-0.2, -0.15) is 0 Å². The zero-order valence-corrected chi connectivity index (χ0v) is 18.0. The van der Waals surface area contributed by atoms with E-state index in [1.165, 1.54) is 12.1 Å². The van der Waals surface area contributed by atoms with Crippen LogP contribution in [0.2, 0.25) is 0 Å². The highest BCUT2D eigenvalue weighted by Gasteiger charge is 2.04. The van der Waals surface area contributed by atoms with Gasteiger partial charge in [-0.1, -0.05) is 22.6 Å². The Morgan fingerprint density at radius 2 is 1.07 bits per heavy atom. The maximum atomic E-state index is 10.6. The summed E-state index contributed by atoms with van der Waals surface area (Å²) in [7, 11) is 0. The Morgan fingerprint density at radius 1 is 0.679 bits per heavy atom. The summed E-state index contributed by atoms with van der Waals surface area (Å²) in [4.78, 5) is 10.1. The molecule has 0 aliphatic rings. The molecule has 0 aromatic heterocycles. The van der Waals surface area contributed by atoms with E-state index in [4.69, 9.17) is 28.4 Å². The van der Waals surface area contributed by atoms with Crippen LogP contribution < -0.4 is 4.74 Å². The second-order valence-corrected chi connectivity index (χ2v) is 6.43. The van der Waals surface area contributed by atoms with Gasteiger partial charge in [0.25, 0.3) is 5.69 Å². The molecule has 0 fully saturated rings. The lowest BCUT2D eigenvalue weighted by Gasteiger charge is -2.08. The highest BCUT2D eigenvalue weighted by atomic mass is 127. The van der Waals surface area contributed by atoms with E-state index in [9.17, 15) is 10.1 Å². The molecule has 0 N–H and O–H groups in total. The van der Waals surface area contributed by atoms with Crippen molar-refractivity contribution in [3.63, 3.8) is 0 Å². The van der Waals surface area contributed by atoms with Crippen molar-refractivity contribution in [1.82, 2.24) is 0 Å². The first-order chi connectivity index (χ1) is 13.7. The minimum absolute atomic E-state index is 0.0361. The molecule has 28 heavy (non-hydrogen) atoms. The molecule has 0 heterocycles. The van der Waals surface area contributed by atoms with Crippen molar-refractivity contribution in [2.24, 2.45) is 0 Å². The van der Waals surface area contributed by atoms with Gasteiger partial charge >= 0.3 is 0 Å². The van der Waals surface area contributed by atoms with Gasteiger partial charge in [0, 0.05) is 16.6 Å². The molecule has 0 radical (unpaired) electrons. The Morgan fingerprint density at radius 3 is 1.46 bits per heavy atom. The van der Waals surface area contributed by atoms with Crippen molar-refractivity contribution in [2.75, 3.05) is 77.1 Å². The van der Waals surface area contributed by atoms with Crippen LogP contribution in [0.1, 0.15) is 0 Å². The van der Waals surface area contributed by atoms with Gasteiger partial charge in [-0.05, 0) is 12.1 Å². The Hall–Kier alpha value is -1.05. The fraction of sp³-hybridized carbons (Fsp3) is 0.667. The van der Waals surface area contributed by atoms with Crippen molar-refractivity contribution < 1.29 is 33.3 Å². The summed E-state index contributed by atoms with van der Waals surface area (Å²) < 4.78 is 33.2. The predicted molar refractivity (Wildman–Crippen MR) is 112 cm³/mol. The zero-order valence-electron chi connectivity index (χ0n) is 15.9. The molecule has 0 atom stereocenters. The second-order valence-electron chi connectivity index (χ2n) is 5.35. The van der Waals surface area contributed by atoms with Crippen LogP contribution in [0.15, 0.2) is 24.3 Å². The molecule has 10 heteroatoms. The molecule has 0 saturated carbocycles. The molecule has 1 aromatic carbocycles. The maximum absolute atomic E-state index is 10.6. The van der Waals surface area contributed by atoms with Gasteiger partial charge in [-0.15, -0.1) is 0 Å². The minimum atomic E-state index is -0.448. The number of alkyl halides is 1. The van der Waals surface area contributed by atoms with Crippen LogP contribution in [-0.2, 0) is 23.7 Å². The molecule has 0 saturated heterocycles. The summed E-state index contributed by atoms with van der Waals surface area (Å²) >= 11 is 2.26. The number of non-ortho nitro benzene ring substituents is 1. The van der Waals surface area contributed by atoms with Crippen molar-refractivity contribution in [3.05, 3.63) is 34.4 Å². The summed E-state index contributed by atoms with van der Waals surface area (Å²) in [5.74, 6) is 0.569. The van der Waals surface area contributed by atoms with Gasteiger partial charge in [-0.3, -0.25) is 10.1 Å². The molecule has 160 valence electrons. The molecule has 9 nitrogen and oxygen atoms in total. The van der Waals surface area contributed by atoms with Gasteiger partial charge in [0.15, 0.2) is 0 Å². The van der Waals surface area contributed by atoms with Crippen molar-refractivity contribution in [1.29, 1.82) is 0 Å². The first kappa shape index (κ1) is 25.0. The van der Waals surface area contributed by atoms with E-state index in [2.05, 4.69) is 22.6 Å². The molecule has 0 spiro atoms. The maximum Gasteiger partial charge on any atom is 0.269 e. The predicted octanol–water partition coefficient (Wildman–Crippen LogP) is 2.49. The fourth-order valence-corrected chi connectivity index (χ4v) is 2.23. The summed E-state index contributed by atoms with van der Waals surface area (Å²) in [5.41, 5.74) is 0.0361. The molecule has 1 aromatic rings. The Kier molecular flexibility index (Phi) is 16.1. The first-order valence-electron chi connectivity index (χ1n) is 9.06. The van der Waals surface area contributed by atoms with Crippen LogP contribution in [0.25, 0.3) is 0 Å². The topological polar surface area (TPSA) is 98.5 Å². The van der Waals surface area contributed by atoms with E-state index in [0.29, 0.717) is 71.8 Å². The number of hydrogen-bond donors (Lipinski definition) is 0. The van der Waals surface area contributed by atoms with Gasteiger partial charge < -0.3 is 28.4 Å². The SMILES string of the molecule is O=[N+]([O-])c1ccc(OCCOCCOCCOCCOCCOCCI)cc1. The number of halogens is 1. The standard InChI is InChI=1S/C18H28INO8/c19-5-6-23-7-8-24-9-10-25-11-12-26-13-14-27-15-16-28-18-3-1-17(2-4-18)20(21)22/h1-4H,5-16H2. The molecule has 0 aliphatic carbocycles. The second kappa shape index (κ2) is 18.0. The monoisotopic (exact) mass is 513 g/mol. The number of ether oxygens (including phenoxy) is 6. The lowest BCUT2D eigenvalue weighted by Crippen LogP contribution is -2.14. The van der Waals surface area contributed by atoms with Crippen molar-refractivity contribution in [3.8, 4) is 5.75 Å². The Labute approximate surface area is 178 Å². The van der Waals surface area contributed by atoms with Gasteiger partial charge in [0.1, 0.15) is 12.4 Å². The van der Waals surface area contributed by atoms with Crippen molar-refractivity contribution >= 4 is 28.3 Å². The van der Waals surface area contributed by atoms with Crippen LogP contribution in [0.5, 0.6) is 5.75 Å². The Bertz CT molecular complexity index is 503. The Balaban J connectivity index is 1.79. The van der Waals surface area contributed by atoms with Crippen LogP contribution in [0, 0.1) is 10.1 Å². The zero-order chi connectivity index (χ0) is 20.3. The van der Waals surface area contributed by atoms with E-state index in [1.807, 2.05) is 0 Å². The third-order valence-corrected chi connectivity index (χ3v) is 3.69. The first-order valence-corrected chi connectivity index (χ1v) is 10.6. The van der Waals surface area contributed by atoms with Gasteiger partial charge in [-0.25, -0.2) is 0 Å². The lowest BCUT2D eigenvalue weighted by atomic mass is 10.3. The van der Waals surface area contributed by atoms with Crippen molar-refractivity contribution in [2.45, 2.75) is 0 Å². The van der Waals surface area contributed by atoms with E-state index in [-0.39, 0.29) is 5.69 Å². The average molecular weight is 513 g/mol. The van der Waals surface area contributed by atoms with E-state index >= 15 is 0 Å². The van der Waals surface area contributed by atoms with E-state index < -0.39 is 4.92 Å². The summed E-state index contributed by atoms with van der Waals surface area (Å²) in [5, 5.41) is 10.6. The quantitative estimate of drug-likeness (QED) is 0.0916. The van der Waals surface area contributed by atoms with Crippen LogP contribution in [0.4, 0.5) is 5.69 Å². The number of benzene rings is 1. The number of hydrogen-bond acceptors (Lipinski definition) is 8. The third kappa shape index (κ3) is 14.0. The third-order valence-electron chi connectivity index (χ3n) is 3.25. The molecule has 0 amide bonds. The van der Waals surface area contributed by atoms with Gasteiger partial charge in [0.05, 0.1) is 71.0 Å². The molecular formula is C18H28INO8. The van der Waals surface area contributed by atoms with Crippen LogP contribution in [-0.4, -0.2) is 82.0 Å². The normalized spacial score (nSPS) is 10.9. The largest absolute Gasteiger partial charge is 0.491 e. The van der Waals surface area contributed by atoms with Crippen LogP contribution >= 0.6 is 22.6 Å². The lowest BCUT2D eigenvalue weighted by molar-refractivity contribution is -0.384.